The van der Waals surface area contributed by atoms with Gasteiger partial charge in [0.25, 0.3) is 0 Å². The maximum atomic E-state index is 12.1. The zero-order valence-electron chi connectivity index (χ0n) is 10.9. The van der Waals surface area contributed by atoms with Crippen LogP contribution >= 0.6 is 12.2 Å². The summed E-state index contributed by atoms with van der Waals surface area (Å²) in [7, 11) is 0. The number of allylic oxidation sites excluding steroid dienone is 1. The molecule has 0 bridgehead atoms. The number of hydrogen-bond donors (Lipinski definition) is 2. The number of thiocarbonyl (C=S) groups is 1. The van der Waals surface area contributed by atoms with Gasteiger partial charge in [-0.2, -0.15) is 0 Å². The molecular formula is C14H16N2O2S. The highest BCUT2D eigenvalue weighted by Crippen LogP contribution is 2.27. The van der Waals surface area contributed by atoms with Crippen LogP contribution in [-0.2, 0) is 9.53 Å². The van der Waals surface area contributed by atoms with Crippen molar-refractivity contribution in [2.45, 2.75) is 19.9 Å². The molecule has 19 heavy (non-hydrogen) atoms. The first-order valence-corrected chi connectivity index (χ1v) is 6.54. The van der Waals surface area contributed by atoms with Gasteiger partial charge in [0.1, 0.15) is 0 Å². The van der Waals surface area contributed by atoms with Gasteiger partial charge in [-0.05, 0) is 31.6 Å². The van der Waals surface area contributed by atoms with E-state index in [4.69, 9.17) is 17.0 Å². The number of carbonyl (C=O) groups is 1. The van der Waals surface area contributed by atoms with Crippen molar-refractivity contribution in [2.24, 2.45) is 0 Å². The van der Waals surface area contributed by atoms with E-state index in [2.05, 4.69) is 10.6 Å². The lowest BCUT2D eigenvalue weighted by atomic mass is 9.96. The fourth-order valence-electron chi connectivity index (χ4n) is 2.07. The molecular weight excluding hydrogens is 260 g/mol. The Balaban J connectivity index is 2.41. The van der Waals surface area contributed by atoms with E-state index >= 15 is 0 Å². The van der Waals surface area contributed by atoms with Crippen LogP contribution in [0.3, 0.4) is 0 Å². The normalized spacial score (nSPS) is 18.6. The summed E-state index contributed by atoms with van der Waals surface area (Å²) in [4.78, 5) is 12.1. The largest absolute Gasteiger partial charge is 0.463 e. The van der Waals surface area contributed by atoms with Crippen LogP contribution < -0.4 is 10.6 Å². The Hall–Kier alpha value is -1.88. The van der Waals surface area contributed by atoms with Crippen molar-refractivity contribution in [3.63, 3.8) is 0 Å². The topological polar surface area (TPSA) is 50.4 Å². The Morgan fingerprint density at radius 3 is 2.68 bits per heavy atom. The van der Waals surface area contributed by atoms with Crippen LogP contribution in [0.5, 0.6) is 0 Å². The molecule has 0 fully saturated rings. The second-order valence-electron chi connectivity index (χ2n) is 4.20. The van der Waals surface area contributed by atoms with Crippen molar-refractivity contribution in [1.82, 2.24) is 10.6 Å². The van der Waals surface area contributed by atoms with E-state index in [9.17, 15) is 4.79 Å². The second kappa shape index (κ2) is 5.84. The summed E-state index contributed by atoms with van der Waals surface area (Å²) in [6.07, 6.45) is 0. The van der Waals surface area contributed by atoms with Crippen LogP contribution in [-0.4, -0.2) is 17.7 Å². The monoisotopic (exact) mass is 276 g/mol. The van der Waals surface area contributed by atoms with E-state index in [1.165, 1.54) is 0 Å². The summed E-state index contributed by atoms with van der Waals surface area (Å²) in [5, 5.41) is 6.59. The van der Waals surface area contributed by atoms with E-state index in [0.29, 0.717) is 17.3 Å². The number of carbonyl (C=O) groups excluding carboxylic acids is 1. The van der Waals surface area contributed by atoms with Gasteiger partial charge in [0.05, 0.1) is 18.2 Å². The number of benzene rings is 1. The van der Waals surface area contributed by atoms with E-state index in [1.807, 2.05) is 37.3 Å². The summed E-state index contributed by atoms with van der Waals surface area (Å²) in [5.74, 6) is -0.323. The number of esters is 1. The third-order valence-corrected chi connectivity index (χ3v) is 3.12. The Bertz CT molecular complexity index is 526. The van der Waals surface area contributed by atoms with Crippen molar-refractivity contribution in [3.8, 4) is 0 Å². The first-order valence-electron chi connectivity index (χ1n) is 6.13. The Kier molecular flexibility index (Phi) is 4.16. The van der Waals surface area contributed by atoms with Gasteiger partial charge in [0.2, 0.25) is 0 Å². The number of rotatable bonds is 3. The smallest absolute Gasteiger partial charge is 0.338 e. The summed E-state index contributed by atoms with van der Waals surface area (Å²) >= 11 is 5.16. The molecule has 0 unspecified atom stereocenters. The first kappa shape index (κ1) is 13.5. The molecule has 2 rings (SSSR count). The van der Waals surface area contributed by atoms with Crippen molar-refractivity contribution >= 4 is 23.3 Å². The van der Waals surface area contributed by atoms with Crippen LogP contribution in [0, 0.1) is 0 Å². The third-order valence-electron chi connectivity index (χ3n) is 2.90. The summed E-state index contributed by atoms with van der Waals surface area (Å²) in [6.45, 7) is 3.97. The maximum absolute atomic E-state index is 12.1. The lowest BCUT2D eigenvalue weighted by Gasteiger charge is -2.29. The van der Waals surface area contributed by atoms with Gasteiger partial charge < -0.3 is 15.4 Å². The van der Waals surface area contributed by atoms with Gasteiger partial charge in [0.15, 0.2) is 5.11 Å². The highest BCUT2D eigenvalue weighted by Gasteiger charge is 2.30. The number of nitrogens with one attached hydrogen (secondary N) is 2. The van der Waals surface area contributed by atoms with Crippen LogP contribution in [0.15, 0.2) is 41.6 Å². The van der Waals surface area contributed by atoms with Crippen molar-refractivity contribution in [3.05, 3.63) is 47.2 Å². The molecule has 1 aromatic carbocycles. The minimum atomic E-state index is -0.323. The minimum absolute atomic E-state index is 0.269. The molecule has 1 heterocycles. The SMILES string of the molecule is CCOC(=O)C1=C(C)NC(=S)N[C@@H]1c1ccccc1. The molecule has 4 nitrogen and oxygen atoms in total. The number of hydrogen-bond acceptors (Lipinski definition) is 3. The van der Waals surface area contributed by atoms with E-state index < -0.39 is 0 Å². The molecule has 5 heteroatoms. The van der Waals surface area contributed by atoms with E-state index in [0.717, 1.165) is 11.3 Å². The summed E-state index contributed by atoms with van der Waals surface area (Å²) in [5.41, 5.74) is 2.28. The molecule has 0 spiro atoms. The fraction of sp³-hybridized carbons (Fsp3) is 0.286. The highest BCUT2D eigenvalue weighted by molar-refractivity contribution is 7.80. The Morgan fingerprint density at radius 1 is 1.37 bits per heavy atom. The average molecular weight is 276 g/mol. The Morgan fingerprint density at radius 2 is 2.05 bits per heavy atom. The molecule has 0 aliphatic carbocycles. The van der Waals surface area contributed by atoms with Gasteiger partial charge in [-0.25, -0.2) is 4.79 Å². The second-order valence-corrected chi connectivity index (χ2v) is 4.61. The van der Waals surface area contributed by atoms with Crippen molar-refractivity contribution in [1.29, 1.82) is 0 Å². The molecule has 0 saturated carbocycles. The molecule has 1 aromatic rings. The quantitative estimate of drug-likeness (QED) is 0.653. The molecule has 2 N–H and O–H groups in total. The molecule has 0 aromatic heterocycles. The minimum Gasteiger partial charge on any atom is -0.463 e. The molecule has 1 aliphatic heterocycles. The third kappa shape index (κ3) is 2.93. The summed E-state index contributed by atoms with van der Waals surface area (Å²) < 4.78 is 5.12. The molecule has 0 saturated heterocycles. The molecule has 0 radical (unpaired) electrons. The van der Waals surface area contributed by atoms with Crippen LogP contribution in [0.1, 0.15) is 25.5 Å². The molecule has 100 valence electrons. The van der Waals surface area contributed by atoms with Gasteiger partial charge in [-0.3, -0.25) is 0 Å². The fourth-order valence-corrected chi connectivity index (χ4v) is 2.34. The lowest BCUT2D eigenvalue weighted by molar-refractivity contribution is -0.139. The van der Waals surface area contributed by atoms with Gasteiger partial charge >= 0.3 is 5.97 Å². The van der Waals surface area contributed by atoms with Crippen LogP contribution in [0.25, 0.3) is 0 Å². The van der Waals surface area contributed by atoms with Gasteiger partial charge in [-0.1, -0.05) is 30.3 Å². The highest BCUT2D eigenvalue weighted by atomic mass is 32.1. The van der Waals surface area contributed by atoms with Gasteiger partial charge in [-0.15, -0.1) is 0 Å². The zero-order chi connectivity index (χ0) is 13.8. The summed E-state index contributed by atoms with van der Waals surface area (Å²) in [6, 6.07) is 9.44. The average Bonchev–Trinajstić information content (AvgIpc) is 2.39. The van der Waals surface area contributed by atoms with Crippen molar-refractivity contribution < 1.29 is 9.53 Å². The Labute approximate surface area is 117 Å². The standard InChI is InChI=1S/C14H16N2O2S/c1-3-18-13(17)11-9(2)15-14(19)16-12(11)10-7-5-4-6-8-10/h4-8,12H,3H2,1-2H3,(H2,15,16,19)/t12-/m1/s1. The maximum Gasteiger partial charge on any atom is 0.338 e. The molecule has 1 atom stereocenters. The van der Waals surface area contributed by atoms with Gasteiger partial charge in [0, 0.05) is 5.70 Å². The predicted octanol–water partition coefficient (Wildman–Crippen LogP) is 2.04. The molecule has 0 amide bonds. The zero-order valence-corrected chi connectivity index (χ0v) is 11.7. The van der Waals surface area contributed by atoms with Crippen LogP contribution in [0.2, 0.25) is 0 Å². The predicted molar refractivity (Wildman–Crippen MR) is 77.4 cm³/mol. The van der Waals surface area contributed by atoms with Crippen LogP contribution in [0.4, 0.5) is 0 Å². The lowest BCUT2D eigenvalue weighted by Crippen LogP contribution is -2.45. The van der Waals surface area contributed by atoms with Crippen molar-refractivity contribution in [2.75, 3.05) is 6.61 Å². The number of ether oxygens (including phenoxy) is 1. The van der Waals surface area contributed by atoms with E-state index in [1.54, 1.807) is 6.92 Å². The first-order chi connectivity index (χ1) is 9.13. The van der Waals surface area contributed by atoms with E-state index in [-0.39, 0.29) is 12.0 Å². The molecule has 1 aliphatic rings.